The quantitative estimate of drug-likeness (QED) is 0.463. The molecule has 1 amide bonds. The van der Waals surface area contributed by atoms with E-state index >= 15 is 4.39 Å². The summed E-state index contributed by atoms with van der Waals surface area (Å²) >= 11 is 0.965. The van der Waals surface area contributed by atoms with Crippen LogP contribution in [0.4, 0.5) is 9.52 Å². The number of anilines is 1. The number of aromatic nitrogens is 1. The third-order valence-electron chi connectivity index (χ3n) is 6.47. The van der Waals surface area contributed by atoms with Gasteiger partial charge in [-0.15, -0.1) is 0 Å². The molecule has 1 aromatic heterocycles. The number of thiazole rings is 1. The molecule has 0 spiro atoms. The Labute approximate surface area is 199 Å². The van der Waals surface area contributed by atoms with Crippen LogP contribution in [0.1, 0.15) is 52.7 Å². The highest BCUT2D eigenvalue weighted by Crippen LogP contribution is 2.49. The zero-order valence-electron chi connectivity index (χ0n) is 18.6. The van der Waals surface area contributed by atoms with Gasteiger partial charge in [0.2, 0.25) is 0 Å². The number of benzene rings is 1. The zero-order valence-corrected chi connectivity index (χ0v) is 19.4. The number of ketones is 1. The molecule has 34 heavy (non-hydrogen) atoms. The van der Waals surface area contributed by atoms with E-state index in [9.17, 15) is 14.4 Å². The summed E-state index contributed by atoms with van der Waals surface area (Å²) in [5.41, 5.74) is 0.720. The van der Waals surface area contributed by atoms with E-state index < -0.39 is 23.7 Å². The monoisotopic (exact) mass is 482 g/mol. The van der Waals surface area contributed by atoms with Crippen molar-refractivity contribution in [1.82, 2.24) is 4.98 Å². The number of rotatable bonds is 5. The molecule has 1 aromatic carbocycles. The van der Waals surface area contributed by atoms with Gasteiger partial charge in [0.25, 0.3) is 5.91 Å². The van der Waals surface area contributed by atoms with Crippen molar-refractivity contribution < 1.29 is 28.2 Å². The topological polar surface area (TPSA) is 85.8 Å². The predicted molar refractivity (Wildman–Crippen MR) is 123 cm³/mol. The number of esters is 1. The van der Waals surface area contributed by atoms with Gasteiger partial charge in [-0.1, -0.05) is 48.6 Å². The molecule has 0 N–H and O–H groups in total. The molecule has 2 aromatic rings. The fourth-order valence-electron chi connectivity index (χ4n) is 4.91. The molecule has 9 heteroatoms. The Bertz CT molecular complexity index is 1240. The van der Waals surface area contributed by atoms with Crippen LogP contribution in [0.25, 0.3) is 0 Å². The minimum absolute atomic E-state index is 0.0347. The fourth-order valence-corrected chi connectivity index (χ4v) is 5.90. The van der Waals surface area contributed by atoms with Gasteiger partial charge >= 0.3 is 5.97 Å². The molecule has 3 atom stereocenters. The molecule has 2 aliphatic heterocycles. The van der Waals surface area contributed by atoms with Gasteiger partial charge in [0.15, 0.2) is 16.7 Å². The smallest absolute Gasteiger partial charge is 0.350 e. The van der Waals surface area contributed by atoms with Crippen LogP contribution in [-0.4, -0.2) is 35.4 Å². The van der Waals surface area contributed by atoms with Crippen LogP contribution in [0.15, 0.2) is 48.3 Å². The van der Waals surface area contributed by atoms with E-state index in [2.05, 4.69) is 11.6 Å². The van der Waals surface area contributed by atoms with Crippen molar-refractivity contribution in [2.45, 2.75) is 44.8 Å². The second-order valence-corrected chi connectivity index (χ2v) is 9.53. The third-order valence-corrected chi connectivity index (χ3v) is 7.61. The van der Waals surface area contributed by atoms with Crippen LogP contribution in [-0.2, 0) is 19.1 Å². The highest BCUT2D eigenvalue weighted by Gasteiger charge is 2.53. The van der Waals surface area contributed by atoms with E-state index in [0.717, 1.165) is 24.2 Å². The molecule has 3 heterocycles. The van der Waals surface area contributed by atoms with E-state index in [4.69, 9.17) is 9.47 Å². The van der Waals surface area contributed by atoms with Crippen molar-refractivity contribution in [2.24, 2.45) is 5.92 Å². The van der Waals surface area contributed by atoms with Crippen molar-refractivity contribution in [1.29, 1.82) is 0 Å². The SMILES string of the molecule is C=CCOC(=O)c1sc(N2C(=O)C3=C(C(=O)C4CCCCC4O3)C2c2ccccc2F)nc1C. The maximum absolute atomic E-state index is 15.0. The van der Waals surface area contributed by atoms with Crippen LogP contribution in [0.3, 0.4) is 0 Å². The molecule has 1 aliphatic carbocycles. The highest BCUT2D eigenvalue weighted by atomic mass is 32.1. The van der Waals surface area contributed by atoms with Gasteiger partial charge in [-0.2, -0.15) is 0 Å². The minimum atomic E-state index is -1.03. The Morgan fingerprint density at radius 2 is 2.09 bits per heavy atom. The second kappa shape index (κ2) is 8.79. The summed E-state index contributed by atoms with van der Waals surface area (Å²) in [7, 11) is 0. The number of amides is 1. The van der Waals surface area contributed by atoms with Crippen molar-refractivity contribution in [3.63, 3.8) is 0 Å². The van der Waals surface area contributed by atoms with Crippen molar-refractivity contribution in [3.05, 3.63) is 70.2 Å². The summed E-state index contributed by atoms with van der Waals surface area (Å²) in [4.78, 5) is 45.6. The van der Waals surface area contributed by atoms with Crippen molar-refractivity contribution in [3.8, 4) is 0 Å². The summed E-state index contributed by atoms with van der Waals surface area (Å²) in [5.74, 6) is -2.25. The van der Waals surface area contributed by atoms with Gasteiger partial charge in [-0.05, 0) is 32.3 Å². The van der Waals surface area contributed by atoms with Gasteiger partial charge in [-0.3, -0.25) is 14.5 Å². The number of nitrogens with zero attached hydrogens (tertiary/aromatic N) is 2. The number of hydrogen-bond acceptors (Lipinski definition) is 7. The Hall–Kier alpha value is -3.33. The third kappa shape index (κ3) is 3.55. The lowest BCUT2D eigenvalue weighted by atomic mass is 9.77. The first kappa shape index (κ1) is 22.5. The van der Waals surface area contributed by atoms with Crippen LogP contribution < -0.4 is 4.90 Å². The number of aryl methyl sites for hydroxylation is 1. The lowest BCUT2D eigenvalue weighted by molar-refractivity contribution is -0.131. The van der Waals surface area contributed by atoms with Crippen LogP contribution in [0.2, 0.25) is 0 Å². The Balaban J connectivity index is 1.61. The molecule has 176 valence electrons. The summed E-state index contributed by atoms with van der Waals surface area (Å²) in [6, 6.07) is 5.02. The van der Waals surface area contributed by atoms with Crippen molar-refractivity contribution in [2.75, 3.05) is 11.5 Å². The number of ether oxygens (including phenoxy) is 2. The number of hydrogen-bond donors (Lipinski definition) is 0. The van der Waals surface area contributed by atoms with Crippen molar-refractivity contribution >= 4 is 34.1 Å². The maximum atomic E-state index is 15.0. The summed E-state index contributed by atoms with van der Waals surface area (Å²) in [5, 5.41) is 0.176. The molecule has 0 saturated heterocycles. The lowest BCUT2D eigenvalue weighted by Crippen LogP contribution is -2.39. The standard InChI is InChI=1S/C25H23FN2O5S/c1-3-12-32-24(31)22-13(2)27-25(34-22)28-19(14-8-4-6-10-16(14)26)18-20(29)15-9-5-7-11-17(15)33-21(18)23(28)30/h3-4,6,8,10,15,17,19H,1,5,7,9,11-12H2,2H3. The largest absolute Gasteiger partial charge is 0.483 e. The Kier molecular flexibility index (Phi) is 5.81. The molecule has 3 unspecified atom stereocenters. The molecule has 1 saturated carbocycles. The molecule has 7 nitrogen and oxygen atoms in total. The van der Waals surface area contributed by atoms with Gasteiger partial charge in [0, 0.05) is 5.56 Å². The Morgan fingerprint density at radius 3 is 2.85 bits per heavy atom. The summed E-state index contributed by atoms with van der Waals surface area (Å²) < 4.78 is 26.2. The number of carbonyl (C=O) groups excluding carboxylic acids is 3. The summed E-state index contributed by atoms with van der Waals surface area (Å²) in [6.45, 7) is 5.19. The lowest BCUT2D eigenvalue weighted by Gasteiger charge is -2.35. The average Bonchev–Trinajstić information content (AvgIpc) is 3.35. The summed E-state index contributed by atoms with van der Waals surface area (Å²) in [6.07, 6.45) is 4.30. The first-order valence-corrected chi connectivity index (χ1v) is 12.0. The molecule has 0 radical (unpaired) electrons. The van der Waals surface area contributed by atoms with E-state index in [-0.39, 0.29) is 51.3 Å². The first-order valence-electron chi connectivity index (χ1n) is 11.2. The highest BCUT2D eigenvalue weighted by molar-refractivity contribution is 7.17. The van der Waals surface area contributed by atoms with Gasteiger partial charge in [0.05, 0.1) is 17.2 Å². The van der Waals surface area contributed by atoms with Gasteiger partial charge in [-0.25, -0.2) is 14.2 Å². The molecule has 0 bridgehead atoms. The fraction of sp³-hybridized carbons (Fsp3) is 0.360. The number of carbonyl (C=O) groups is 3. The first-order chi connectivity index (χ1) is 16.4. The second-order valence-electron chi connectivity index (χ2n) is 8.55. The van der Waals surface area contributed by atoms with E-state index in [1.54, 1.807) is 25.1 Å². The van der Waals surface area contributed by atoms with E-state index in [0.29, 0.717) is 18.5 Å². The number of halogens is 1. The number of fused-ring (bicyclic) bond motifs is 1. The average molecular weight is 483 g/mol. The molecular weight excluding hydrogens is 459 g/mol. The van der Waals surface area contributed by atoms with Crippen LogP contribution in [0.5, 0.6) is 0 Å². The van der Waals surface area contributed by atoms with E-state index in [1.165, 1.54) is 17.0 Å². The number of Topliss-reactive ketones (excluding diaryl/α,β-unsaturated/α-hetero) is 1. The van der Waals surface area contributed by atoms with E-state index in [1.807, 2.05) is 0 Å². The predicted octanol–water partition coefficient (Wildman–Crippen LogP) is 4.43. The van der Waals surface area contributed by atoms with Gasteiger partial charge < -0.3 is 9.47 Å². The van der Waals surface area contributed by atoms with Crippen LogP contribution in [0, 0.1) is 18.7 Å². The normalized spacial score (nSPS) is 23.9. The molecular formula is C25H23FN2O5S. The van der Waals surface area contributed by atoms with Crippen LogP contribution >= 0.6 is 11.3 Å². The maximum Gasteiger partial charge on any atom is 0.350 e. The molecule has 1 fully saturated rings. The Morgan fingerprint density at radius 1 is 1.32 bits per heavy atom. The molecule has 5 rings (SSSR count). The van der Waals surface area contributed by atoms with Gasteiger partial charge in [0.1, 0.15) is 29.4 Å². The zero-order chi connectivity index (χ0) is 24.0. The minimum Gasteiger partial charge on any atom is -0.483 e. The molecule has 3 aliphatic rings.